The van der Waals surface area contributed by atoms with Gasteiger partial charge in [-0.3, -0.25) is 0 Å². The van der Waals surface area contributed by atoms with Gasteiger partial charge in [0.1, 0.15) is 12.4 Å². The zero-order valence-corrected chi connectivity index (χ0v) is 15.2. The summed E-state index contributed by atoms with van der Waals surface area (Å²) in [5.41, 5.74) is 1.28. The first-order valence-electron chi connectivity index (χ1n) is 9.21. The Balaban J connectivity index is 1.57. The van der Waals surface area contributed by atoms with Crippen LogP contribution in [0.5, 0.6) is 0 Å². The van der Waals surface area contributed by atoms with Crippen molar-refractivity contribution in [1.29, 1.82) is 0 Å². The Morgan fingerprint density at radius 1 is 1.15 bits per heavy atom. The molecule has 2 aliphatic carbocycles. The highest BCUT2D eigenvalue weighted by atomic mass is 19.2. The summed E-state index contributed by atoms with van der Waals surface area (Å²) < 4.78 is 44.7. The normalized spacial score (nSPS) is 27.0. The predicted molar refractivity (Wildman–Crippen MR) is 96.5 cm³/mol. The van der Waals surface area contributed by atoms with Crippen LogP contribution < -0.4 is 0 Å². The fourth-order valence-electron chi connectivity index (χ4n) is 3.54. The molecule has 0 aromatic heterocycles. The lowest BCUT2D eigenvalue weighted by atomic mass is 9.89. The first kappa shape index (κ1) is 18.9. The van der Waals surface area contributed by atoms with Gasteiger partial charge < -0.3 is 14.2 Å². The summed E-state index contributed by atoms with van der Waals surface area (Å²) in [7, 11) is 1.37. The van der Waals surface area contributed by atoms with E-state index in [2.05, 4.69) is 6.58 Å². The lowest BCUT2D eigenvalue weighted by Crippen LogP contribution is -2.28. The molecule has 3 rings (SSSR count). The van der Waals surface area contributed by atoms with Gasteiger partial charge >= 0.3 is 0 Å². The maximum atomic E-state index is 14.3. The van der Waals surface area contributed by atoms with Crippen molar-refractivity contribution in [3.8, 4) is 0 Å². The third kappa shape index (κ3) is 4.26. The molecule has 5 heteroatoms. The quantitative estimate of drug-likeness (QED) is 0.588. The molecule has 0 bridgehead atoms. The molecule has 142 valence electrons. The van der Waals surface area contributed by atoms with Crippen molar-refractivity contribution in [3.05, 3.63) is 59.1 Å². The Kier molecular flexibility index (Phi) is 6.30. The van der Waals surface area contributed by atoms with Crippen molar-refractivity contribution in [2.45, 2.75) is 44.6 Å². The SMILES string of the molecule is C=CC1CCC(COC2=CC=C(C3=C(F)C(F)=C(OC)CC3)CC2)OC1. The van der Waals surface area contributed by atoms with Gasteiger partial charge in [-0.05, 0) is 42.9 Å². The summed E-state index contributed by atoms with van der Waals surface area (Å²) in [6, 6.07) is 0. The van der Waals surface area contributed by atoms with Gasteiger partial charge in [0.05, 0.1) is 25.6 Å². The van der Waals surface area contributed by atoms with E-state index in [1.54, 1.807) is 0 Å². The van der Waals surface area contributed by atoms with Gasteiger partial charge in [-0.15, -0.1) is 6.58 Å². The molecule has 0 spiro atoms. The summed E-state index contributed by atoms with van der Waals surface area (Å²) >= 11 is 0. The minimum absolute atomic E-state index is 0.0911. The molecule has 1 fully saturated rings. The Bertz CT molecular complexity index is 665. The van der Waals surface area contributed by atoms with Crippen molar-refractivity contribution in [2.75, 3.05) is 20.3 Å². The largest absolute Gasteiger partial charge is 0.498 e. The topological polar surface area (TPSA) is 27.7 Å². The number of allylic oxidation sites excluding steroid dienone is 8. The Morgan fingerprint density at radius 3 is 2.62 bits per heavy atom. The van der Waals surface area contributed by atoms with Crippen LogP contribution in [0.15, 0.2) is 59.1 Å². The molecule has 2 atom stereocenters. The van der Waals surface area contributed by atoms with E-state index < -0.39 is 11.7 Å². The van der Waals surface area contributed by atoms with Crippen LogP contribution >= 0.6 is 0 Å². The summed E-state index contributed by atoms with van der Waals surface area (Å²) in [4.78, 5) is 0. The second kappa shape index (κ2) is 8.67. The van der Waals surface area contributed by atoms with E-state index in [1.807, 2.05) is 18.2 Å². The predicted octanol–water partition coefficient (Wildman–Crippen LogP) is 5.43. The molecular weight excluding hydrogens is 338 g/mol. The third-order valence-electron chi connectivity index (χ3n) is 5.24. The van der Waals surface area contributed by atoms with E-state index in [0.29, 0.717) is 50.4 Å². The van der Waals surface area contributed by atoms with Gasteiger partial charge in [0.15, 0.2) is 11.7 Å². The fraction of sp³-hybridized carbons (Fsp3) is 0.524. The molecular formula is C21H26F2O3. The van der Waals surface area contributed by atoms with E-state index in [4.69, 9.17) is 14.2 Å². The highest BCUT2D eigenvalue weighted by molar-refractivity contribution is 5.45. The first-order valence-corrected chi connectivity index (χ1v) is 9.21. The number of halogens is 2. The highest BCUT2D eigenvalue weighted by Crippen LogP contribution is 2.38. The van der Waals surface area contributed by atoms with Gasteiger partial charge in [0, 0.05) is 18.8 Å². The average molecular weight is 364 g/mol. The molecule has 1 aliphatic heterocycles. The maximum absolute atomic E-state index is 14.3. The van der Waals surface area contributed by atoms with Crippen molar-refractivity contribution in [2.24, 2.45) is 5.92 Å². The van der Waals surface area contributed by atoms with Gasteiger partial charge in [-0.1, -0.05) is 12.2 Å². The lowest BCUT2D eigenvalue weighted by molar-refractivity contribution is -0.0413. The van der Waals surface area contributed by atoms with Crippen LogP contribution in [0.2, 0.25) is 0 Å². The highest BCUT2D eigenvalue weighted by Gasteiger charge is 2.26. The molecule has 1 saturated heterocycles. The monoisotopic (exact) mass is 364 g/mol. The van der Waals surface area contributed by atoms with Gasteiger partial charge in [0.25, 0.3) is 0 Å². The zero-order chi connectivity index (χ0) is 18.5. The van der Waals surface area contributed by atoms with E-state index in [9.17, 15) is 8.78 Å². The molecule has 26 heavy (non-hydrogen) atoms. The van der Waals surface area contributed by atoms with Gasteiger partial charge in [-0.25, -0.2) is 8.78 Å². The minimum Gasteiger partial charge on any atom is -0.498 e. The van der Waals surface area contributed by atoms with Gasteiger partial charge in [0.2, 0.25) is 0 Å². The molecule has 0 aromatic carbocycles. The van der Waals surface area contributed by atoms with Crippen molar-refractivity contribution < 1.29 is 23.0 Å². The second-order valence-corrected chi connectivity index (χ2v) is 6.90. The van der Waals surface area contributed by atoms with Crippen LogP contribution in [0.3, 0.4) is 0 Å². The first-order chi connectivity index (χ1) is 12.6. The van der Waals surface area contributed by atoms with Crippen LogP contribution in [0.25, 0.3) is 0 Å². The van der Waals surface area contributed by atoms with Crippen molar-refractivity contribution in [3.63, 3.8) is 0 Å². The van der Waals surface area contributed by atoms with Crippen molar-refractivity contribution in [1.82, 2.24) is 0 Å². The molecule has 0 saturated carbocycles. The Labute approximate surface area is 153 Å². The number of rotatable bonds is 6. The summed E-state index contributed by atoms with van der Waals surface area (Å²) in [5, 5.41) is 0. The molecule has 3 aliphatic rings. The summed E-state index contributed by atoms with van der Waals surface area (Å²) in [5.74, 6) is -0.253. The average Bonchev–Trinajstić information content (AvgIpc) is 2.69. The lowest BCUT2D eigenvalue weighted by Gasteiger charge is -2.28. The molecule has 0 N–H and O–H groups in total. The van der Waals surface area contributed by atoms with Crippen LogP contribution in [0, 0.1) is 5.92 Å². The van der Waals surface area contributed by atoms with E-state index in [1.165, 1.54) is 7.11 Å². The molecule has 0 amide bonds. The molecule has 3 nitrogen and oxygen atoms in total. The zero-order valence-electron chi connectivity index (χ0n) is 15.2. The van der Waals surface area contributed by atoms with E-state index in [-0.39, 0.29) is 11.9 Å². The molecule has 2 unspecified atom stereocenters. The van der Waals surface area contributed by atoms with Crippen LogP contribution in [-0.4, -0.2) is 26.4 Å². The number of methoxy groups -OCH3 is 1. The standard InChI is InChI=1S/C21H26F2O3/c1-3-14-4-7-17(25-12-14)13-26-16-8-5-15(6-9-16)18-10-11-19(24-2)21(23)20(18)22/h3,5,8,14,17H,1,4,6-7,9-13H2,2H3. The second-order valence-electron chi connectivity index (χ2n) is 6.90. The van der Waals surface area contributed by atoms with Crippen LogP contribution in [0.4, 0.5) is 8.78 Å². The van der Waals surface area contributed by atoms with Crippen LogP contribution in [0.1, 0.15) is 38.5 Å². The number of ether oxygens (including phenoxy) is 3. The van der Waals surface area contributed by atoms with Crippen molar-refractivity contribution >= 4 is 0 Å². The fourth-order valence-corrected chi connectivity index (χ4v) is 3.54. The molecule has 0 radical (unpaired) electrons. The third-order valence-corrected chi connectivity index (χ3v) is 5.24. The van der Waals surface area contributed by atoms with Crippen LogP contribution in [-0.2, 0) is 14.2 Å². The van der Waals surface area contributed by atoms with Gasteiger partial charge in [-0.2, -0.15) is 0 Å². The molecule has 1 heterocycles. The van der Waals surface area contributed by atoms with E-state index in [0.717, 1.165) is 24.2 Å². The molecule has 0 aromatic rings. The van der Waals surface area contributed by atoms with E-state index >= 15 is 0 Å². The summed E-state index contributed by atoms with van der Waals surface area (Å²) in [6.45, 7) is 5.04. The number of hydrogen-bond donors (Lipinski definition) is 0. The number of hydrogen-bond acceptors (Lipinski definition) is 3. The smallest absolute Gasteiger partial charge is 0.196 e. The summed E-state index contributed by atoms with van der Waals surface area (Å²) in [6.07, 6.45) is 9.99. The maximum Gasteiger partial charge on any atom is 0.196 e. The Hall–Kier alpha value is -1.88. The minimum atomic E-state index is -0.868. The Morgan fingerprint density at radius 2 is 2.00 bits per heavy atom.